The standard InChI is InChI=1S/C9H5BrClF3O/c1-4(15)8-6(9(12,13)14)2-5(10)3-7(8)11/h2-3H,1H3. The van der Waals surface area contributed by atoms with E-state index in [1.807, 2.05) is 0 Å². The smallest absolute Gasteiger partial charge is 0.294 e. The molecule has 1 aromatic carbocycles. The van der Waals surface area contributed by atoms with Gasteiger partial charge in [0.25, 0.3) is 0 Å². The Morgan fingerprint density at radius 1 is 1.40 bits per heavy atom. The molecule has 0 N–H and O–H groups in total. The topological polar surface area (TPSA) is 17.1 Å². The third-order valence-corrected chi connectivity index (χ3v) is 2.47. The highest BCUT2D eigenvalue weighted by atomic mass is 79.9. The fourth-order valence-corrected chi connectivity index (χ4v) is 2.10. The first kappa shape index (κ1) is 12.5. The molecule has 15 heavy (non-hydrogen) atoms. The molecule has 0 aliphatic rings. The zero-order valence-electron chi connectivity index (χ0n) is 7.45. The van der Waals surface area contributed by atoms with E-state index in [1.54, 1.807) is 0 Å². The Morgan fingerprint density at radius 3 is 2.33 bits per heavy atom. The Morgan fingerprint density at radius 2 is 1.93 bits per heavy atom. The van der Waals surface area contributed by atoms with E-state index < -0.39 is 23.1 Å². The summed E-state index contributed by atoms with van der Waals surface area (Å²) in [7, 11) is 0. The van der Waals surface area contributed by atoms with Crippen molar-refractivity contribution in [2.75, 3.05) is 0 Å². The molecule has 82 valence electrons. The van der Waals surface area contributed by atoms with Crippen LogP contribution in [0.1, 0.15) is 22.8 Å². The maximum atomic E-state index is 12.5. The monoisotopic (exact) mass is 300 g/mol. The van der Waals surface area contributed by atoms with Crippen LogP contribution in [0.4, 0.5) is 13.2 Å². The summed E-state index contributed by atoms with van der Waals surface area (Å²) in [4.78, 5) is 11.0. The van der Waals surface area contributed by atoms with Crippen LogP contribution in [0.25, 0.3) is 0 Å². The maximum absolute atomic E-state index is 12.5. The molecule has 0 radical (unpaired) electrons. The Kier molecular flexibility index (Phi) is 3.45. The third-order valence-electron chi connectivity index (χ3n) is 1.71. The van der Waals surface area contributed by atoms with Crippen molar-refractivity contribution in [2.24, 2.45) is 0 Å². The van der Waals surface area contributed by atoms with Crippen molar-refractivity contribution in [3.8, 4) is 0 Å². The summed E-state index contributed by atoms with van der Waals surface area (Å²) in [5.41, 5.74) is -1.51. The second kappa shape index (κ2) is 4.14. The van der Waals surface area contributed by atoms with E-state index in [0.29, 0.717) is 0 Å². The van der Waals surface area contributed by atoms with Crippen LogP contribution >= 0.6 is 27.5 Å². The van der Waals surface area contributed by atoms with Crippen LogP contribution in [0.5, 0.6) is 0 Å². The molecule has 0 saturated heterocycles. The molecular weight excluding hydrogens is 296 g/mol. The largest absolute Gasteiger partial charge is 0.417 e. The van der Waals surface area contributed by atoms with E-state index in [-0.39, 0.29) is 9.50 Å². The molecule has 0 spiro atoms. The summed E-state index contributed by atoms with van der Waals surface area (Å²) in [5, 5.41) is -0.204. The molecule has 1 rings (SSSR count). The quantitative estimate of drug-likeness (QED) is 0.706. The minimum Gasteiger partial charge on any atom is -0.294 e. The first-order valence-electron chi connectivity index (χ1n) is 3.80. The summed E-state index contributed by atoms with van der Waals surface area (Å²) in [6.07, 6.45) is -4.59. The summed E-state index contributed by atoms with van der Waals surface area (Å²) >= 11 is 8.48. The lowest BCUT2D eigenvalue weighted by Gasteiger charge is -2.12. The summed E-state index contributed by atoms with van der Waals surface area (Å²) < 4.78 is 37.8. The van der Waals surface area contributed by atoms with Gasteiger partial charge in [-0.25, -0.2) is 0 Å². The molecule has 6 heteroatoms. The zero-order chi connectivity index (χ0) is 11.8. The molecule has 0 aliphatic heterocycles. The van der Waals surface area contributed by atoms with E-state index in [2.05, 4.69) is 15.9 Å². The van der Waals surface area contributed by atoms with E-state index in [1.165, 1.54) is 6.07 Å². The Labute approximate surface area is 97.4 Å². The second-order valence-electron chi connectivity index (χ2n) is 2.86. The van der Waals surface area contributed by atoms with E-state index in [4.69, 9.17) is 11.6 Å². The molecule has 0 aromatic heterocycles. The fourth-order valence-electron chi connectivity index (χ4n) is 1.15. The molecule has 0 aliphatic carbocycles. The van der Waals surface area contributed by atoms with Gasteiger partial charge >= 0.3 is 6.18 Å². The van der Waals surface area contributed by atoms with E-state index >= 15 is 0 Å². The highest BCUT2D eigenvalue weighted by molar-refractivity contribution is 9.10. The number of ketones is 1. The van der Waals surface area contributed by atoms with Crippen molar-refractivity contribution >= 4 is 33.3 Å². The first-order valence-corrected chi connectivity index (χ1v) is 4.97. The van der Waals surface area contributed by atoms with Gasteiger partial charge in [0.2, 0.25) is 0 Å². The summed E-state index contributed by atoms with van der Waals surface area (Å²) in [6, 6.07) is 2.09. The number of hydrogen-bond donors (Lipinski definition) is 0. The van der Waals surface area contributed by atoms with Gasteiger partial charge in [0.15, 0.2) is 5.78 Å². The van der Waals surface area contributed by atoms with Gasteiger partial charge in [-0.05, 0) is 19.1 Å². The van der Waals surface area contributed by atoms with Crippen molar-refractivity contribution in [3.63, 3.8) is 0 Å². The predicted octanol–water partition coefficient (Wildman–Crippen LogP) is 4.32. The average molecular weight is 301 g/mol. The van der Waals surface area contributed by atoms with Crippen molar-refractivity contribution in [1.82, 2.24) is 0 Å². The average Bonchev–Trinajstić information content (AvgIpc) is 1.99. The number of rotatable bonds is 1. The van der Waals surface area contributed by atoms with Crippen molar-refractivity contribution < 1.29 is 18.0 Å². The molecular formula is C9H5BrClF3O. The molecule has 0 fully saturated rings. The lowest BCUT2D eigenvalue weighted by molar-refractivity contribution is -0.137. The number of hydrogen-bond acceptors (Lipinski definition) is 1. The number of carbonyl (C=O) groups excluding carboxylic acids is 1. The predicted molar refractivity (Wildman–Crippen MR) is 54.2 cm³/mol. The van der Waals surface area contributed by atoms with Crippen LogP contribution in [0, 0.1) is 0 Å². The SMILES string of the molecule is CC(=O)c1c(Cl)cc(Br)cc1C(F)(F)F. The van der Waals surface area contributed by atoms with Gasteiger partial charge in [-0.15, -0.1) is 0 Å². The van der Waals surface area contributed by atoms with Crippen LogP contribution in [0.3, 0.4) is 0 Å². The third kappa shape index (κ3) is 2.72. The minimum absolute atomic E-state index is 0.185. The summed E-state index contributed by atoms with van der Waals surface area (Å²) in [5.74, 6) is -0.708. The van der Waals surface area contributed by atoms with Gasteiger partial charge in [-0.2, -0.15) is 13.2 Å². The van der Waals surface area contributed by atoms with Gasteiger partial charge in [-0.1, -0.05) is 27.5 Å². The van der Waals surface area contributed by atoms with E-state index in [0.717, 1.165) is 13.0 Å². The second-order valence-corrected chi connectivity index (χ2v) is 4.19. The molecule has 0 bridgehead atoms. The van der Waals surface area contributed by atoms with Crippen LogP contribution in [0.15, 0.2) is 16.6 Å². The molecule has 1 aromatic rings. The number of Topliss-reactive ketones (excluding diaryl/α,β-unsaturated/α-hetero) is 1. The molecule has 0 saturated carbocycles. The fraction of sp³-hybridized carbons (Fsp3) is 0.222. The Hall–Kier alpha value is -0.550. The number of benzene rings is 1. The highest BCUT2D eigenvalue weighted by Crippen LogP contribution is 2.37. The van der Waals surface area contributed by atoms with Gasteiger partial charge < -0.3 is 0 Å². The minimum atomic E-state index is -4.59. The van der Waals surface area contributed by atoms with Crippen molar-refractivity contribution in [3.05, 3.63) is 32.8 Å². The summed E-state index contributed by atoms with van der Waals surface area (Å²) in [6.45, 7) is 1.05. The van der Waals surface area contributed by atoms with Gasteiger partial charge in [-0.3, -0.25) is 4.79 Å². The molecule has 0 heterocycles. The lowest BCUT2D eigenvalue weighted by atomic mass is 10.0. The number of halogens is 5. The van der Waals surface area contributed by atoms with Crippen LogP contribution in [-0.4, -0.2) is 5.78 Å². The molecule has 0 unspecified atom stereocenters. The van der Waals surface area contributed by atoms with Crippen LogP contribution in [-0.2, 0) is 6.18 Å². The van der Waals surface area contributed by atoms with Gasteiger partial charge in [0.05, 0.1) is 10.6 Å². The van der Waals surface area contributed by atoms with E-state index in [9.17, 15) is 18.0 Å². The van der Waals surface area contributed by atoms with Crippen molar-refractivity contribution in [2.45, 2.75) is 13.1 Å². The lowest BCUT2D eigenvalue weighted by Crippen LogP contribution is -2.12. The number of carbonyl (C=O) groups is 1. The van der Waals surface area contributed by atoms with Gasteiger partial charge in [0.1, 0.15) is 0 Å². The normalized spacial score (nSPS) is 11.6. The first-order chi connectivity index (χ1) is 6.73. The number of alkyl halides is 3. The van der Waals surface area contributed by atoms with Crippen molar-refractivity contribution in [1.29, 1.82) is 0 Å². The molecule has 1 nitrogen and oxygen atoms in total. The zero-order valence-corrected chi connectivity index (χ0v) is 9.79. The molecule has 0 amide bonds. The van der Waals surface area contributed by atoms with Crippen LogP contribution in [0.2, 0.25) is 5.02 Å². The Balaban J connectivity index is 3.54. The molecule has 0 atom stereocenters. The maximum Gasteiger partial charge on any atom is 0.417 e. The highest BCUT2D eigenvalue weighted by Gasteiger charge is 2.35. The van der Waals surface area contributed by atoms with Gasteiger partial charge in [0, 0.05) is 10.0 Å². The Bertz CT molecular complexity index is 415. The van der Waals surface area contributed by atoms with Crippen LogP contribution < -0.4 is 0 Å².